The van der Waals surface area contributed by atoms with E-state index in [-0.39, 0.29) is 5.56 Å². The van der Waals surface area contributed by atoms with Crippen LogP contribution in [0.2, 0.25) is 0 Å². The fraction of sp³-hybridized carbons (Fsp3) is 0.286. The van der Waals surface area contributed by atoms with Crippen LogP contribution in [-0.2, 0) is 17.8 Å². The Morgan fingerprint density at radius 3 is 2.95 bits per heavy atom. The molecular formula is C14H16N2O3S. The Morgan fingerprint density at radius 2 is 2.20 bits per heavy atom. The first-order valence-corrected chi connectivity index (χ1v) is 6.61. The maximum Gasteiger partial charge on any atom is 0.254 e. The van der Waals surface area contributed by atoms with E-state index < -0.39 is 0 Å². The molecule has 0 saturated carbocycles. The first-order chi connectivity index (χ1) is 9.69. The molecule has 0 aliphatic heterocycles. The van der Waals surface area contributed by atoms with Crippen LogP contribution in [0.3, 0.4) is 0 Å². The monoisotopic (exact) mass is 292 g/mol. The third-order valence-corrected chi connectivity index (χ3v) is 2.97. The van der Waals surface area contributed by atoms with Crippen molar-refractivity contribution in [3.8, 4) is 5.75 Å². The zero-order valence-electron chi connectivity index (χ0n) is 11.1. The van der Waals surface area contributed by atoms with Gasteiger partial charge in [-0.25, -0.2) is 0 Å². The zero-order chi connectivity index (χ0) is 14.4. The Morgan fingerprint density at radius 1 is 1.35 bits per heavy atom. The lowest BCUT2D eigenvalue weighted by atomic mass is 10.2. The molecule has 1 aromatic carbocycles. The topological polar surface area (TPSA) is 67.1 Å². The van der Waals surface area contributed by atoms with Gasteiger partial charge in [-0.3, -0.25) is 9.78 Å². The number of nitrogens with one attached hydrogen (secondary N) is 2. The Kier molecular flexibility index (Phi) is 5.09. The molecule has 0 aliphatic carbocycles. The molecule has 5 nitrogen and oxygen atoms in total. The Hall–Kier alpha value is -1.92. The summed E-state index contributed by atoms with van der Waals surface area (Å²) in [7, 11) is 1.65. The van der Waals surface area contributed by atoms with Gasteiger partial charge in [0.2, 0.25) is 0 Å². The lowest BCUT2D eigenvalue weighted by molar-refractivity contribution is 0.184. The standard InChI is InChI=1S/C14H16N2O3S/c1-18-9-10-3-2-4-12(7-10)19-6-5-11-8-15-14(20)16-13(11)17/h2-4,7-8H,5-6,9H2,1H3,(H2,15,16,17,20). The van der Waals surface area contributed by atoms with Crippen LogP contribution in [0.15, 0.2) is 35.3 Å². The van der Waals surface area contributed by atoms with Crippen LogP contribution >= 0.6 is 12.2 Å². The molecule has 0 amide bonds. The van der Waals surface area contributed by atoms with Crippen molar-refractivity contribution in [1.82, 2.24) is 9.97 Å². The van der Waals surface area contributed by atoms with Crippen molar-refractivity contribution < 1.29 is 9.47 Å². The minimum Gasteiger partial charge on any atom is -0.493 e. The SMILES string of the molecule is COCc1cccc(OCCc2c[nH]c(=S)[nH]c2=O)c1. The van der Waals surface area contributed by atoms with Crippen LogP contribution in [-0.4, -0.2) is 23.7 Å². The van der Waals surface area contributed by atoms with Crippen molar-refractivity contribution >= 4 is 12.2 Å². The molecule has 0 bridgehead atoms. The molecule has 2 aromatic rings. The number of rotatable bonds is 6. The Balaban J connectivity index is 1.94. The minimum atomic E-state index is -0.175. The van der Waals surface area contributed by atoms with Crippen LogP contribution in [0, 0.1) is 4.77 Å². The minimum absolute atomic E-state index is 0.175. The predicted octanol–water partition coefficient (Wildman–Crippen LogP) is 2.20. The van der Waals surface area contributed by atoms with Crippen LogP contribution in [0.1, 0.15) is 11.1 Å². The maximum atomic E-state index is 11.6. The first-order valence-electron chi connectivity index (χ1n) is 6.20. The maximum absolute atomic E-state index is 11.6. The highest BCUT2D eigenvalue weighted by Gasteiger charge is 2.01. The van der Waals surface area contributed by atoms with Crippen LogP contribution in [0.5, 0.6) is 5.75 Å². The van der Waals surface area contributed by atoms with Gasteiger partial charge in [-0.2, -0.15) is 0 Å². The van der Waals surface area contributed by atoms with E-state index in [2.05, 4.69) is 9.97 Å². The van der Waals surface area contributed by atoms with Crippen LogP contribution in [0.25, 0.3) is 0 Å². The summed E-state index contributed by atoms with van der Waals surface area (Å²) in [6, 6.07) is 7.68. The van der Waals surface area contributed by atoms with Crippen molar-refractivity contribution in [1.29, 1.82) is 0 Å². The molecule has 0 radical (unpaired) electrons. The molecule has 0 unspecified atom stereocenters. The van der Waals surface area contributed by atoms with Gasteiger partial charge in [0.25, 0.3) is 5.56 Å². The largest absolute Gasteiger partial charge is 0.493 e. The van der Waals surface area contributed by atoms with Gasteiger partial charge in [0.05, 0.1) is 13.2 Å². The number of ether oxygens (including phenoxy) is 2. The molecule has 20 heavy (non-hydrogen) atoms. The summed E-state index contributed by atoms with van der Waals surface area (Å²) in [5.41, 5.74) is 1.49. The van der Waals surface area contributed by atoms with Gasteiger partial charge in [-0.15, -0.1) is 0 Å². The van der Waals surface area contributed by atoms with Gasteiger partial charge >= 0.3 is 0 Å². The molecule has 0 atom stereocenters. The van der Waals surface area contributed by atoms with Crippen LogP contribution < -0.4 is 10.3 Å². The highest BCUT2D eigenvalue weighted by atomic mass is 32.1. The molecule has 0 aliphatic rings. The fourth-order valence-electron chi connectivity index (χ4n) is 1.79. The molecule has 1 aromatic heterocycles. The normalized spacial score (nSPS) is 10.4. The van der Waals surface area contributed by atoms with E-state index in [1.54, 1.807) is 13.3 Å². The smallest absolute Gasteiger partial charge is 0.254 e. The van der Waals surface area contributed by atoms with E-state index >= 15 is 0 Å². The second-order valence-electron chi connectivity index (χ2n) is 4.28. The second kappa shape index (κ2) is 7.02. The lowest BCUT2D eigenvalue weighted by Gasteiger charge is -2.07. The summed E-state index contributed by atoms with van der Waals surface area (Å²) in [4.78, 5) is 17.0. The van der Waals surface area contributed by atoms with Crippen molar-refractivity contribution in [2.24, 2.45) is 0 Å². The first kappa shape index (κ1) is 14.5. The average Bonchev–Trinajstić information content (AvgIpc) is 2.42. The lowest BCUT2D eigenvalue weighted by Crippen LogP contribution is -2.16. The highest BCUT2D eigenvalue weighted by molar-refractivity contribution is 7.71. The average molecular weight is 292 g/mol. The van der Waals surface area contributed by atoms with Crippen molar-refractivity contribution in [3.05, 3.63) is 56.7 Å². The fourth-order valence-corrected chi connectivity index (χ4v) is 1.95. The molecular weight excluding hydrogens is 276 g/mol. The third kappa shape index (κ3) is 4.04. The van der Waals surface area contributed by atoms with Crippen LogP contribution in [0.4, 0.5) is 0 Å². The Bertz CT molecular complexity index is 678. The molecule has 2 N–H and O–H groups in total. The zero-order valence-corrected chi connectivity index (χ0v) is 12.0. The Labute approximate surface area is 121 Å². The third-order valence-electron chi connectivity index (χ3n) is 2.75. The van der Waals surface area contributed by atoms with Gasteiger partial charge in [-0.1, -0.05) is 12.1 Å². The number of benzene rings is 1. The van der Waals surface area contributed by atoms with Crippen molar-refractivity contribution in [2.45, 2.75) is 13.0 Å². The molecule has 0 saturated heterocycles. The predicted molar refractivity (Wildman–Crippen MR) is 78.6 cm³/mol. The van der Waals surface area contributed by atoms with Gasteiger partial charge in [0.1, 0.15) is 5.75 Å². The number of H-pyrrole nitrogens is 2. The van der Waals surface area contributed by atoms with E-state index in [1.165, 1.54) is 0 Å². The van der Waals surface area contributed by atoms with E-state index in [4.69, 9.17) is 21.7 Å². The summed E-state index contributed by atoms with van der Waals surface area (Å²) in [5.74, 6) is 0.764. The molecule has 0 spiro atoms. The number of aromatic nitrogens is 2. The van der Waals surface area contributed by atoms with E-state index in [1.807, 2.05) is 24.3 Å². The van der Waals surface area contributed by atoms with E-state index in [0.717, 1.165) is 11.3 Å². The van der Waals surface area contributed by atoms with Gasteiger partial charge in [0.15, 0.2) is 4.77 Å². The number of hydrogen-bond donors (Lipinski definition) is 2. The summed E-state index contributed by atoms with van der Waals surface area (Å²) >= 11 is 4.83. The second-order valence-corrected chi connectivity index (χ2v) is 4.68. The molecule has 1 heterocycles. The van der Waals surface area contributed by atoms with Gasteiger partial charge < -0.3 is 14.5 Å². The number of aromatic amines is 2. The van der Waals surface area contributed by atoms with Crippen molar-refractivity contribution in [3.63, 3.8) is 0 Å². The molecule has 106 valence electrons. The van der Waals surface area contributed by atoms with Gasteiger partial charge in [-0.05, 0) is 29.9 Å². The molecule has 2 rings (SSSR count). The summed E-state index contributed by atoms with van der Waals surface area (Å²) in [5, 5.41) is 0. The summed E-state index contributed by atoms with van der Waals surface area (Å²) in [6.45, 7) is 0.969. The quantitative estimate of drug-likeness (QED) is 0.801. The molecule has 6 heteroatoms. The highest BCUT2D eigenvalue weighted by Crippen LogP contribution is 2.14. The van der Waals surface area contributed by atoms with E-state index in [9.17, 15) is 4.79 Å². The number of methoxy groups -OCH3 is 1. The summed E-state index contributed by atoms with van der Waals surface area (Å²) < 4.78 is 11.0. The van der Waals surface area contributed by atoms with Crippen molar-refractivity contribution in [2.75, 3.05) is 13.7 Å². The van der Waals surface area contributed by atoms with E-state index in [0.29, 0.717) is 30.0 Å². The number of hydrogen-bond acceptors (Lipinski definition) is 4. The summed E-state index contributed by atoms with van der Waals surface area (Å²) in [6.07, 6.45) is 2.13. The molecule has 0 fully saturated rings. The van der Waals surface area contributed by atoms with Gasteiger partial charge in [0, 0.05) is 25.3 Å².